The number of hydrogen-bond acceptors (Lipinski definition) is 4. The number of piperidine rings is 1. The van der Waals surface area contributed by atoms with Gasteiger partial charge in [-0.15, -0.1) is 0 Å². The predicted molar refractivity (Wildman–Crippen MR) is 86.5 cm³/mol. The zero-order chi connectivity index (χ0) is 16.1. The summed E-state index contributed by atoms with van der Waals surface area (Å²) in [6.45, 7) is 5.42. The molecule has 1 aliphatic rings. The number of carbonyl (C=O) groups excluding carboxylic acids is 1. The van der Waals surface area contributed by atoms with Gasteiger partial charge in [0.05, 0.1) is 11.8 Å². The Morgan fingerprint density at radius 2 is 2.17 bits per heavy atom. The van der Waals surface area contributed by atoms with Gasteiger partial charge in [0.25, 0.3) is 5.91 Å². The van der Waals surface area contributed by atoms with Crippen molar-refractivity contribution in [1.29, 1.82) is 0 Å². The van der Waals surface area contributed by atoms with Crippen LogP contribution < -0.4 is 4.74 Å². The van der Waals surface area contributed by atoms with E-state index < -0.39 is 0 Å². The van der Waals surface area contributed by atoms with Crippen LogP contribution in [0.2, 0.25) is 0 Å². The van der Waals surface area contributed by atoms with Gasteiger partial charge in [0.2, 0.25) is 0 Å². The van der Waals surface area contributed by atoms with E-state index in [0.29, 0.717) is 36.9 Å². The Morgan fingerprint density at radius 3 is 2.87 bits per heavy atom. The molecular formula is C18H20N2O3. The lowest BCUT2D eigenvalue weighted by Gasteiger charge is -2.31. The van der Waals surface area contributed by atoms with Gasteiger partial charge in [0, 0.05) is 19.0 Å². The van der Waals surface area contributed by atoms with Crippen LogP contribution in [0.15, 0.2) is 53.8 Å². The van der Waals surface area contributed by atoms with Gasteiger partial charge < -0.3 is 14.1 Å². The highest BCUT2D eigenvalue weighted by Crippen LogP contribution is 2.28. The quantitative estimate of drug-likeness (QED) is 0.795. The number of nitrogens with zero attached hydrogens (tertiary/aromatic N) is 2. The van der Waals surface area contributed by atoms with Gasteiger partial charge in [0.1, 0.15) is 18.6 Å². The first-order valence-corrected chi connectivity index (χ1v) is 7.81. The molecule has 120 valence electrons. The minimum atomic E-state index is 0.00974. The van der Waals surface area contributed by atoms with Crippen molar-refractivity contribution < 1.29 is 13.9 Å². The molecule has 2 aromatic rings. The third-order valence-electron chi connectivity index (χ3n) is 4.06. The van der Waals surface area contributed by atoms with E-state index in [1.54, 1.807) is 24.6 Å². The summed E-state index contributed by atoms with van der Waals surface area (Å²) in [5.41, 5.74) is 0.601. The topological polar surface area (TPSA) is 55.6 Å². The molecule has 2 heterocycles. The molecule has 5 heteroatoms. The molecule has 1 saturated heterocycles. The van der Waals surface area contributed by atoms with Crippen molar-refractivity contribution in [3.05, 3.63) is 60.8 Å². The van der Waals surface area contributed by atoms with E-state index in [9.17, 15) is 4.79 Å². The van der Waals surface area contributed by atoms with Crippen molar-refractivity contribution in [2.75, 3.05) is 19.7 Å². The summed E-state index contributed by atoms with van der Waals surface area (Å²) >= 11 is 0. The average Bonchev–Trinajstić information content (AvgIpc) is 3.14. The molecule has 0 radical (unpaired) electrons. The second kappa shape index (κ2) is 7.13. The third-order valence-corrected chi connectivity index (χ3v) is 4.06. The summed E-state index contributed by atoms with van der Waals surface area (Å²) < 4.78 is 11.0. The third kappa shape index (κ3) is 3.44. The molecule has 23 heavy (non-hydrogen) atoms. The molecule has 1 aromatic heterocycles. The lowest BCUT2D eigenvalue weighted by molar-refractivity contribution is 0.0702. The van der Waals surface area contributed by atoms with Crippen LogP contribution in [0, 0.1) is 0 Å². The maximum Gasteiger partial charge on any atom is 0.257 e. The van der Waals surface area contributed by atoms with Crippen molar-refractivity contribution in [2.45, 2.75) is 18.8 Å². The minimum Gasteiger partial charge on any atom is -0.489 e. The molecule has 0 N–H and O–H groups in total. The Hall–Kier alpha value is -2.56. The summed E-state index contributed by atoms with van der Waals surface area (Å²) in [6, 6.07) is 7.34. The molecule has 0 saturated carbocycles. The van der Waals surface area contributed by atoms with Crippen LogP contribution in [0.1, 0.15) is 35.0 Å². The van der Waals surface area contributed by atoms with E-state index in [0.717, 1.165) is 18.7 Å². The molecule has 0 bridgehead atoms. The summed E-state index contributed by atoms with van der Waals surface area (Å²) in [7, 11) is 0. The van der Waals surface area contributed by atoms with Crippen LogP contribution in [0.25, 0.3) is 0 Å². The monoisotopic (exact) mass is 312 g/mol. The van der Waals surface area contributed by atoms with Crippen LogP contribution >= 0.6 is 0 Å². The Morgan fingerprint density at radius 1 is 1.39 bits per heavy atom. The van der Waals surface area contributed by atoms with Gasteiger partial charge in [-0.2, -0.15) is 0 Å². The minimum absolute atomic E-state index is 0.00974. The van der Waals surface area contributed by atoms with E-state index >= 15 is 0 Å². The molecule has 0 atom stereocenters. The Balaban J connectivity index is 1.66. The van der Waals surface area contributed by atoms with Crippen molar-refractivity contribution >= 4 is 5.91 Å². The highest BCUT2D eigenvalue weighted by atomic mass is 16.5. The maximum atomic E-state index is 12.8. The molecule has 1 aliphatic heterocycles. The van der Waals surface area contributed by atoms with Crippen molar-refractivity contribution in [3.8, 4) is 5.75 Å². The van der Waals surface area contributed by atoms with Gasteiger partial charge in [0.15, 0.2) is 5.89 Å². The van der Waals surface area contributed by atoms with Gasteiger partial charge in [-0.25, -0.2) is 4.98 Å². The highest BCUT2D eigenvalue weighted by molar-refractivity contribution is 5.97. The van der Waals surface area contributed by atoms with E-state index in [1.165, 1.54) is 0 Å². The predicted octanol–water partition coefficient (Wildman–Crippen LogP) is 3.26. The molecule has 0 unspecified atom stereocenters. The van der Waals surface area contributed by atoms with E-state index in [-0.39, 0.29) is 5.91 Å². The number of ether oxygens (including phenoxy) is 1. The second-order valence-electron chi connectivity index (χ2n) is 5.53. The van der Waals surface area contributed by atoms with E-state index in [4.69, 9.17) is 9.15 Å². The number of rotatable bonds is 5. The summed E-state index contributed by atoms with van der Waals surface area (Å²) in [5.74, 6) is 1.68. The number of aromatic nitrogens is 1. The molecule has 1 amide bonds. The zero-order valence-electron chi connectivity index (χ0n) is 13.0. The fourth-order valence-corrected chi connectivity index (χ4v) is 2.85. The lowest BCUT2D eigenvalue weighted by Crippen LogP contribution is -2.38. The molecule has 3 rings (SSSR count). The zero-order valence-corrected chi connectivity index (χ0v) is 13.0. The number of para-hydroxylation sites is 1. The first-order chi connectivity index (χ1) is 11.3. The summed E-state index contributed by atoms with van der Waals surface area (Å²) in [4.78, 5) is 18.8. The van der Waals surface area contributed by atoms with Crippen LogP contribution in [0.5, 0.6) is 5.75 Å². The van der Waals surface area contributed by atoms with Gasteiger partial charge in [-0.3, -0.25) is 4.79 Å². The summed E-state index contributed by atoms with van der Waals surface area (Å²) in [5, 5.41) is 0. The standard InChI is InChI=1S/C18H20N2O3/c1-2-12-22-16-6-4-3-5-15(16)18(21)20-10-7-14(8-11-20)17-19-9-13-23-17/h2-6,9,13-14H,1,7-8,10-12H2. The fourth-order valence-electron chi connectivity index (χ4n) is 2.85. The first kappa shape index (κ1) is 15.3. The molecule has 0 spiro atoms. The van der Waals surface area contributed by atoms with Crippen LogP contribution in [-0.4, -0.2) is 35.5 Å². The molecule has 0 aliphatic carbocycles. The Labute approximate surface area is 135 Å². The average molecular weight is 312 g/mol. The lowest BCUT2D eigenvalue weighted by atomic mass is 9.96. The normalized spacial score (nSPS) is 15.4. The number of benzene rings is 1. The molecule has 5 nitrogen and oxygen atoms in total. The van der Waals surface area contributed by atoms with Crippen LogP contribution in [0.3, 0.4) is 0 Å². The Kier molecular flexibility index (Phi) is 4.76. The Bertz CT molecular complexity index is 659. The largest absolute Gasteiger partial charge is 0.489 e. The fraction of sp³-hybridized carbons (Fsp3) is 0.333. The summed E-state index contributed by atoms with van der Waals surface area (Å²) in [6.07, 6.45) is 6.66. The van der Waals surface area contributed by atoms with E-state index in [2.05, 4.69) is 11.6 Å². The molecule has 1 fully saturated rings. The number of oxazole rings is 1. The van der Waals surface area contributed by atoms with Crippen molar-refractivity contribution in [2.24, 2.45) is 0 Å². The number of amides is 1. The van der Waals surface area contributed by atoms with Gasteiger partial charge in [-0.1, -0.05) is 24.8 Å². The number of likely N-dealkylation sites (tertiary alicyclic amines) is 1. The molecular weight excluding hydrogens is 292 g/mol. The number of carbonyl (C=O) groups is 1. The van der Waals surface area contributed by atoms with Gasteiger partial charge in [-0.05, 0) is 25.0 Å². The highest BCUT2D eigenvalue weighted by Gasteiger charge is 2.27. The maximum absolute atomic E-state index is 12.8. The van der Waals surface area contributed by atoms with Gasteiger partial charge >= 0.3 is 0 Å². The second-order valence-corrected chi connectivity index (χ2v) is 5.53. The first-order valence-electron chi connectivity index (χ1n) is 7.81. The van der Waals surface area contributed by atoms with E-state index in [1.807, 2.05) is 23.1 Å². The van der Waals surface area contributed by atoms with Crippen molar-refractivity contribution in [1.82, 2.24) is 9.88 Å². The SMILES string of the molecule is C=CCOc1ccccc1C(=O)N1CCC(c2ncco2)CC1. The smallest absolute Gasteiger partial charge is 0.257 e. The van der Waals surface area contributed by atoms with Crippen molar-refractivity contribution in [3.63, 3.8) is 0 Å². The number of hydrogen-bond donors (Lipinski definition) is 0. The molecule has 1 aromatic carbocycles. The van der Waals surface area contributed by atoms with Crippen LogP contribution in [0.4, 0.5) is 0 Å². The van der Waals surface area contributed by atoms with Crippen LogP contribution in [-0.2, 0) is 0 Å².